The van der Waals surface area contributed by atoms with E-state index in [4.69, 9.17) is 4.42 Å². The first-order valence-corrected chi connectivity index (χ1v) is 7.40. The van der Waals surface area contributed by atoms with Gasteiger partial charge in [0.05, 0.1) is 11.0 Å². The average Bonchev–Trinajstić information content (AvgIpc) is 2.98. The summed E-state index contributed by atoms with van der Waals surface area (Å²) in [6.07, 6.45) is 0. The van der Waals surface area contributed by atoms with Gasteiger partial charge in [0.15, 0.2) is 0 Å². The second kappa shape index (κ2) is 5.26. The van der Waals surface area contributed by atoms with Gasteiger partial charge in [-0.05, 0) is 39.5 Å². The van der Waals surface area contributed by atoms with Gasteiger partial charge in [0.25, 0.3) is 0 Å². The molecule has 2 aromatic heterocycles. The Morgan fingerprint density at radius 1 is 1.17 bits per heavy atom. The van der Waals surface area contributed by atoms with Crippen LogP contribution in [0.2, 0.25) is 0 Å². The molecule has 0 aliphatic heterocycles. The zero-order valence-electron chi connectivity index (χ0n) is 9.65. The van der Waals surface area contributed by atoms with Gasteiger partial charge in [0, 0.05) is 16.8 Å². The number of hydrogen-bond acceptors (Lipinski definition) is 3. The maximum atomic E-state index is 5.81. The molecule has 1 aromatic carbocycles. The molecule has 2 heterocycles. The zero-order chi connectivity index (χ0) is 12.4. The van der Waals surface area contributed by atoms with Crippen molar-refractivity contribution in [3.63, 3.8) is 0 Å². The van der Waals surface area contributed by atoms with Crippen molar-refractivity contribution in [2.75, 3.05) is 0 Å². The fourth-order valence-corrected chi connectivity index (χ4v) is 3.03. The van der Waals surface area contributed by atoms with Crippen molar-refractivity contribution >= 4 is 38.2 Å². The zero-order valence-corrected chi connectivity index (χ0v) is 12.1. The molecule has 0 atom stereocenters. The van der Waals surface area contributed by atoms with Gasteiger partial charge in [0.2, 0.25) is 0 Å². The highest BCUT2D eigenvalue weighted by atomic mass is 79.9. The molecular formula is C14H12BrNOS. The molecule has 0 fully saturated rings. The number of fused-ring (bicyclic) bond motifs is 1. The summed E-state index contributed by atoms with van der Waals surface area (Å²) in [5, 5.41) is 6.61. The van der Waals surface area contributed by atoms with Crippen LogP contribution in [0.5, 0.6) is 0 Å². The first kappa shape index (κ1) is 12.0. The Labute approximate surface area is 118 Å². The summed E-state index contributed by atoms with van der Waals surface area (Å²) in [4.78, 5) is 1.34. The lowest BCUT2D eigenvalue weighted by atomic mass is 10.2. The lowest BCUT2D eigenvalue weighted by molar-refractivity contribution is 0.514. The van der Waals surface area contributed by atoms with Gasteiger partial charge in [-0.3, -0.25) is 0 Å². The molecule has 0 radical (unpaired) electrons. The summed E-state index contributed by atoms with van der Waals surface area (Å²) in [5.41, 5.74) is 0.922. The third kappa shape index (κ3) is 2.51. The Morgan fingerprint density at radius 2 is 2.11 bits per heavy atom. The van der Waals surface area contributed by atoms with E-state index in [1.807, 2.05) is 12.1 Å². The van der Waals surface area contributed by atoms with Crippen molar-refractivity contribution in [1.29, 1.82) is 0 Å². The molecule has 3 aromatic rings. The van der Waals surface area contributed by atoms with Crippen molar-refractivity contribution < 1.29 is 4.42 Å². The lowest BCUT2D eigenvalue weighted by Gasteiger charge is -1.99. The molecule has 0 spiro atoms. The van der Waals surface area contributed by atoms with Crippen LogP contribution in [0.1, 0.15) is 10.6 Å². The average molecular weight is 322 g/mol. The SMILES string of the molecule is Brc1cccc2cc(CNCc3cccs3)oc12. The third-order valence-electron chi connectivity index (χ3n) is 2.73. The molecule has 0 unspecified atom stereocenters. The van der Waals surface area contributed by atoms with Crippen LogP contribution in [0.3, 0.4) is 0 Å². The van der Waals surface area contributed by atoms with E-state index in [1.54, 1.807) is 11.3 Å². The Hall–Kier alpha value is -1.10. The largest absolute Gasteiger partial charge is 0.459 e. The minimum atomic E-state index is 0.749. The number of furan rings is 1. The van der Waals surface area contributed by atoms with Crippen molar-refractivity contribution in [2.24, 2.45) is 0 Å². The van der Waals surface area contributed by atoms with Crippen LogP contribution in [-0.4, -0.2) is 0 Å². The molecule has 92 valence electrons. The van der Waals surface area contributed by atoms with Crippen LogP contribution in [0, 0.1) is 0 Å². The minimum absolute atomic E-state index is 0.749. The van der Waals surface area contributed by atoms with Crippen LogP contribution >= 0.6 is 27.3 Å². The second-order valence-electron chi connectivity index (χ2n) is 4.05. The van der Waals surface area contributed by atoms with Crippen molar-refractivity contribution in [1.82, 2.24) is 5.32 Å². The van der Waals surface area contributed by atoms with Crippen molar-refractivity contribution in [3.8, 4) is 0 Å². The highest BCUT2D eigenvalue weighted by Gasteiger charge is 2.06. The molecule has 0 amide bonds. The number of rotatable bonds is 4. The monoisotopic (exact) mass is 321 g/mol. The van der Waals surface area contributed by atoms with Gasteiger partial charge >= 0.3 is 0 Å². The number of nitrogens with one attached hydrogen (secondary N) is 1. The van der Waals surface area contributed by atoms with E-state index in [1.165, 1.54) is 4.88 Å². The van der Waals surface area contributed by atoms with E-state index in [2.05, 4.69) is 50.9 Å². The van der Waals surface area contributed by atoms with E-state index >= 15 is 0 Å². The molecule has 18 heavy (non-hydrogen) atoms. The van der Waals surface area contributed by atoms with Gasteiger partial charge in [-0.25, -0.2) is 0 Å². The maximum Gasteiger partial charge on any atom is 0.148 e. The fourth-order valence-electron chi connectivity index (χ4n) is 1.89. The summed E-state index contributed by atoms with van der Waals surface area (Å²) < 4.78 is 6.82. The Kier molecular flexibility index (Phi) is 3.50. The second-order valence-corrected chi connectivity index (χ2v) is 5.94. The molecule has 0 bridgehead atoms. The predicted octanol–water partition coefficient (Wildman–Crippen LogP) is 4.55. The van der Waals surface area contributed by atoms with E-state index < -0.39 is 0 Å². The predicted molar refractivity (Wildman–Crippen MR) is 78.8 cm³/mol. The standard InChI is InChI=1S/C14H12BrNOS/c15-13-5-1-3-10-7-11(17-14(10)13)8-16-9-12-4-2-6-18-12/h1-7,16H,8-9H2. The van der Waals surface area contributed by atoms with E-state index in [9.17, 15) is 0 Å². The normalized spacial score (nSPS) is 11.2. The van der Waals surface area contributed by atoms with Crippen LogP contribution in [-0.2, 0) is 13.1 Å². The van der Waals surface area contributed by atoms with Gasteiger partial charge < -0.3 is 9.73 Å². The Balaban J connectivity index is 1.69. The van der Waals surface area contributed by atoms with E-state index in [0.717, 1.165) is 34.3 Å². The summed E-state index contributed by atoms with van der Waals surface area (Å²) >= 11 is 5.26. The maximum absolute atomic E-state index is 5.81. The number of thiophene rings is 1. The number of halogens is 1. The molecule has 3 rings (SSSR count). The number of hydrogen-bond donors (Lipinski definition) is 1. The Morgan fingerprint density at radius 3 is 2.89 bits per heavy atom. The summed E-state index contributed by atoms with van der Waals surface area (Å²) in [5.74, 6) is 0.966. The summed E-state index contributed by atoms with van der Waals surface area (Å²) in [6.45, 7) is 1.63. The quantitative estimate of drug-likeness (QED) is 0.762. The van der Waals surface area contributed by atoms with Crippen LogP contribution in [0.15, 0.2) is 50.7 Å². The molecule has 0 saturated heterocycles. The molecule has 4 heteroatoms. The smallest absolute Gasteiger partial charge is 0.148 e. The highest BCUT2D eigenvalue weighted by Crippen LogP contribution is 2.26. The van der Waals surface area contributed by atoms with E-state index in [0.29, 0.717) is 0 Å². The molecular weight excluding hydrogens is 310 g/mol. The third-order valence-corrected chi connectivity index (χ3v) is 4.23. The van der Waals surface area contributed by atoms with Gasteiger partial charge in [-0.2, -0.15) is 0 Å². The molecule has 0 aliphatic rings. The fraction of sp³-hybridized carbons (Fsp3) is 0.143. The minimum Gasteiger partial charge on any atom is -0.459 e. The topological polar surface area (TPSA) is 25.2 Å². The van der Waals surface area contributed by atoms with Gasteiger partial charge in [0.1, 0.15) is 11.3 Å². The number of para-hydroxylation sites is 1. The summed E-state index contributed by atoms with van der Waals surface area (Å²) in [6, 6.07) is 12.4. The Bertz CT molecular complexity index is 645. The van der Waals surface area contributed by atoms with Gasteiger partial charge in [-0.1, -0.05) is 18.2 Å². The van der Waals surface area contributed by atoms with Crippen molar-refractivity contribution in [2.45, 2.75) is 13.1 Å². The first-order chi connectivity index (χ1) is 8.83. The van der Waals surface area contributed by atoms with Gasteiger partial charge in [-0.15, -0.1) is 11.3 Å². The molecule has 0 aliphatic carbocycles. The summed E-state index contributed by atoms with van der Waals surface area (Å²) in [7, 11) is 0. The molecule has 1 N–H and O–H groups in total. The molecule has 0 saturated carbocycles. The van der Waals surface area contributed by atoms with E-state index in [-0.39, 0.29) is 0 Å². The van der Waals surface area contributed by atoms with Crippen LogP contribution in [0.4, 0.5) is 0 Å². The van der Waals surface area contributed by atoms with Crippen LogP contribution < -0.4 is 5.32 Å². The van der Waals surface area contributed by atoms with Crippen molar-refractivity contribution in [3.05, 3.63) is 56.9 Å². The molecule has 2 nitrogen and oxygen atoms in total. The van der Waals surface area contributed by atoms with Crippen LogP contribution in [0.25, 0.3) is 11.0 Å². The first-order valence-electron chi connectivity index (χ1n) is 5.73. The highest BCUT2D eigenvalue weighted by molar-refractivity contribution is 9.10. The lowest BCUT2D eigenvalue weighted by Crippen LogP contribution is -2.10. The number of benzene rings is 1.